The minimum atomic E-state index is 0.579. The van der Waals surface area contributed by atoms with Crippen LogP contribution < -0.4 is 5.32 Å². The van der Waals surface area contributed by atoms with Crippen molar-refractivity contribution in [2.24, 2.45) is 0 Å². The van der Waals surface area contributed by atoms with E-state index in [2.05, 4.69) is 17.1 Å². The van der Waals surface area contributed by atoms with Crippen molar-refractivity contribution in [3.05, 3.63) is 29.3 Å². The van der Waals surface area contributed by atoms with Gasteiger partial charge < -0.3 is 10.2 Å². The quantitative estimate of drug-likeness (QED) is 0.797. The highest BCUT2D eigenvalue weighted by Crippen LogP contribution is 2.21. The zero-order valence-electron chi connectivity index (χ0n) is 11.4. The van der Waals surface area contributed by atoms with Gasteiger partial charge in [-0.05, 0) is 55.7 Å². The maximum atomic E-state index is 5.89. The molecule has 1 atom stereocenters. The molecule has 1 aliphatic rings. The van der Waals surface area contributed by atoms with Gasteiger partial charge in [-0.25, -0.2) is 0 Å². The van der Waals surface area contributed by atoms with E-state index < -0.39 is 0 Å². The normalized spacial score (nSPS) is 19.9. The lowest BCUT2D eigenvalue weighted by Gasteiger charge is -2.32. The van der Waals surface area contributed by atoms with Crippen molar-refractivity contribution in [2.45, 2.75) is 45.1 Å². The van der Waals surface area contributed by atoms with Crippen LogP contribution in [0.3, 0.4) is 0 Å². The lowest BCUT2D eigenvalue weighted by atomic mass is 10.1. The Labute approximate surface area is 126 Å². The summed E-state index contributed by atoms with van der Waals surface area (Å²) in [6.07, 6.45) is 6.27. The first-order valence-corrected chi connectivity index (χ1v) is 7.82. The molecule has 2 rings (SSSR count). The Balaban J connectivity index is 2.02. The largest absolute Gasteiger partial charge is 0.346 e. The summed E-state index contributed by atoms with van der Waals surface area (Å²) >= 11 is 11.5. The molecule has 1 N–H and O–H groups in total. The SMILES string of the molecule is CCC1CCCCCN1C(=S)Nc1ccc(Cl)cc1. The van der Waals surface area contributed by atoms with E-state index in [-0.39, 0.29) is 0 Å². The summed E-state index contributed by atoms with van der Waals surface area (Å²) in [5, 5.41) is 4.92. The minimum absolute atomic E-state index is 0.579. The summed E-state index contributed by atoms with van der Waals surface area (Å²) in [6.45, 7) is 3.31. The highest BCUT2D eigenvalue weighted by atomic mass is 35.5. The van der Waals surface area contributed by atoms with Crippen molar-refractivity contribution in [1.82, 2.24) is 4.90 Å². The first kappa shape index (κ1) is 14.6. The number of benzene rings is 1. The summed E-state index contributed by atoms with van der Waals surface area (Å²) in [5.41, 5.74) is 1.01. The molecule has 1 saturated heterocycles. The second-order valence-electron chi connectivity index (χ2n) is 5.04. The Hall–Kier alpha value is -0.800. The molecule has 104 valence electrons. The number of nitrogens with one attached hydrogen (secondary N) is 1. The molecule has 1 aromatic rings. The summed E-state index contributed by atoms with van der Waals surface area (Å²) in [5.74, 6) is 0. The number of halogens is 1. The summed E-state index contributed by atoms with van der Waals surface area (Å²) in [6, 6.07) is 8.27. The molecule has 0 spiro atoms. The number of hydrogen-bond donors (Lipinski definition) is 1. The average molecular weight is 297 g/mol. The number of rotatable bonds is 2. The summed E-state index contributed by atoms with van der Waals surface area (Å²) in [4.78, 5) is 2.36. The smallest absolute Gasteiger partial charge is 0.173 e. The molecule has 19 heavy (non-hydrogen) atoms. The van der Waals surface area contributed by atoms with E-state index in [1.165, 1.54) is 25.7 Å². The third-order valence-corrected chi connectivity index (χ3v) is 4.29. The maximum absolute atomic E-state index is 5.89. The van der Waals surface area contributed by atoms with Gasteiger partial charge in [0.2, 0.25) is 0 Å². The molecule has 4 heteroatoms. The molecule has 0 aromatic heterocycles. The molecule has 1 aromatic carbocycles. The van der Waals surface area contributed by atoms with Crippen LogP contribution in [-0.4, -0.2) is 22.6 Å². The molecule has 1 heterocycles. The van der Waals surface area contributed by atoms with Crippen LogP contribution in [0.15, 0.2) is 24.3 Å². The van der Waals surface area contributed by atoms with Gasteiger partial charge in [-0.2, -0.15) is 0 Å². The van der Waals surface area contributed by atoms with Crippen LogP contribution in [0.5, 0.6) is 0 Å². The number of anilines is 1. The first-order valence-electron chi connectivity index (χ1n) is 7.04. The zero-order valence-corrected chi connectivity index (χ0v) is 12.9. The van der Waals surface area contributed by atoms with Crippen molar-refractivity contribution >= 4 is 34.6 Å². The van der Waals surface area contributed by atoms with Crippen LogP contribution in [0.25, 0.3) is 0 Å². The van der Waals surface area contributed by atoms with E-state index in [1.807, 2.05) is 24.3 Å². The fourth-order valence-corrected chi connectivity index (χ4v) is 3.08. The van der Waals surface area contributed by atoms with Gasteiger partial charge in [0, 0.05) is 23.3 Å². The molecule has 0 bridgehead atoms. The third-order valence-electron chi connectivity index (χ3n) is 3.70. The monoisotopic (exact) mass is 296 g/mol. The molecule has 2 nitrogen and oxygen atoms in total. The molecule has 0 amide bonds. The predicted octanol–water partition coefficient (Wildman–Crippen LogP) is 4.69. The van der Waals surface area contributed by atoms with Crippen LogP contribution in [0.1, 0.15) is 39.0 Å². The topological polar surface area (TPSA) is 15.3 Å². The van der Waals surface area contributed by atoms with Gasteiger partial charge in [0.05, 0.1) is 0 Å². The van der Waals surface area contributed by atoms with E-state index in [9.17, 15) is 0 Å². The van der Waals surface area contributed by atoms with Gasteiger partial charge >= 0.3 is 0 Å². The van der Waals surface area contributed by atoms with Gasteiger partial charge in [0.25, 0.3) is 0 Å². The fourth-order valence-electron chi connectivity index (χ4n) is 2.60. The van der Waals surface area contributed by atoms with Crippen LogP contribution in [0, 0.1) is 0 Å². The van der Waals surface area contributed by atoms with E-state index in [0.29, 0.717) is 6.04 Å². The van der Waals surface area contributed by atoms with E-state index in [1.54, 1.807) is 0 Å². The second-order valence-corrected chi connectivity index (χ2v) is 5.86. The van der Waals surface area contributed by atoms with Gasteiger partial charge in [-0.3, -0.25) is 0 Å². The Kier molecular flexibility index (Phi) is 5.46. The number of likely N-dealkylation sites (tertiary alicyclic amines) is 1. The molecular weight excluding hydrogens is 276 g/mol. The van der Waals surface area contributed by atoms with Crippen LogP contribution in [0.4, 0.5) is 5.69 Å². The molecule has 1 aliphatic heterocycles. The maximum Gasteiger partial charge on any atom is 0.173 e. The predicted molar refractivity (Wildman–Crippen MR) is 86.9 cm³/mol. The fraction of sp³-hybridized carbons (Fsp3) is 0.533. The molecule has 1 unspecified atom stereocenters. The van der Waals surface area contributed by atoms with Crippen molar-refractivity contribution in [3.8, 4) is 0 Å². The Morgan fingerprint density at radius 3 is 2.74 bits per heavy atom. The average Bonchev–Trinajstić information content (AvgIpc) is 2.66. The summed E-state index contributed by atoms with van der Waals surface area (Å²) in [7, 11) is 0. The third kappa shape index (κ3) is 4.08. The van der Waals surface area contributed by atoms with Crippen molar-refractivity contribution in [1.29, 1.82) is 0 Å². The zero-order chi connectivity index (χ0) is 13.7. The lowest BCUT2D eigenvalue weighted by molar-refractivity contribution is 0.311. The molecule has 0 radical (unpaired) electrons. The van der Waals surface area contributed by atoms with Crippen LogP contribution in [0.2, 0.25) is 5.02 Å². The lowest BCUT2D eigenvalue weighted by Crippen LogP contribution is -2.42. The van der Waals surface area contributed by atoms with E-state index in [4.69, 9.17) is 23.8 Å². The number of hydrogen-bond acceptors (Lipinski definition) is 1. The molecule has 0 saturated carbocycles. The van der Waals surface area contributed by atoms with Crippen LogP contribution >= 0.6 is 23.8 Å². The Morgan fingerprint density at radius 1 is 1.32 bits per heavy atom. The van der Waals surface area contributed by atoms with Gasteiger partial charge in [-0.15, -0.1) is 0 Å². The summed E-state index contributed by atoms with van der Waals surface area (Å²) < 4.78 is 0. The van der Waals surface area contributed by atoms with E-state index >= 15 is 0 Å². The molecule has 1 fully saturated rings. The van der Waals surface area contributed by atoms with Crippen molar-refractivity contribution < 1.29 is 0 Å². The Bertz CT molecular complexity index is 419. The number of nitrogens with zero attached hydrogens (tertiary/aromatic N) is 1. The van der Waals surface area contributed by atoms with E-state index in [0.717, 1.165) is 28.8 Å². The minimum Gasteiger partial charge on any atom is -0.346 e. The van der Waals surface area contributed by atoms with Gasteiger partial charge in [-0.1, -0.05) is 31.4 Å². The second kappa shape index (κ2) is 7.11. The van der Waals surface area contributed by atoms with Gasteiger partial charge in [0.15, 0.2) is 5.11 Å². The highest BCUT2D eigenvalue weighted by molar-refractivity contribution is 7.80. The molecule has 0 aliphatic carbocycles. The number of thiocarbonyl (C=S) groups is 1. The Morgan fingerprint density at radius 2 is 2.05 bits per heavy atom. The van der Waals surface area contributed by atoms with Gasteiger partial charge in [0.1, 0.15) is 0 Å². The first-order chi connectivity index (χ1) is 9.20. The van der Waals surface area contributed by atoms with Crippen LogP contribution in [-0.2, 0) is 0 Å². The molecular formula is C15H21ClN2S. The highest BCUT2D eigenvalue weighted by Gasteiger charge is 2.21. The van der Waals surface area contributed by atoms with Crippen molar-refractivity contribution in [3.63, 3.8) is 0 Å². The standard InChI is InChI=1S/C15H21ClN2S/c1-2-14-6-4-3-5-11-18(14)15(19)17-13-9-7-12(16)8-10-13/h7-10,14H,2-6,11H2,1H3,(H,17,19). The van der Waals surface area contributed by atoms with Crippen molar-refractivity contribution in [2.75, 3.05) is 11.9 Å².